The van der Waals surface area contributed by atoms with Crippen LogP contribution in [0, 0.1) is 0 Å². The molecule has 0 spiro atoms. The Bertz CT molecular complexity index is 351. The van der Waals surface area contributed by atoms with Gasteiger partial charge < -0.3 is 14.2 Å². The van der Waals surface area contributed by atoms with E-state index in [1.165, 1.54) is 0 Å². The maximum absolute atomic E-state index is 11.7. The molecule has 0 atom stereocenters. The molecular formula is C13H18O4. The number of ether oxygens (including phenoxy) is 3. The number of methoxy groups -OCH3 is 2. The van der Waals surface area contributed by atoms with Gasteiger partial charge in [0.25, 0.3) is 0 Å². The van der Waals surface area contributed by atoms with Crippen molar-refractivity contribution in [1.29, 1.82) is 0 Å². The molecule has 94 valence electrons. The zero-order chi connectivity index (χ0) is 12.7. The standard InChI is InChI=1S/C13H18O4/c1-4-5-6-17-13(14)10-7-11(15-2)9-12(8-10)16-3/h7-9H,4-6H2,1-3H3. The van der Waals surface area contributed by atoms with Crippen LogP contribution in [-0.4, -0.2) is 26.8 Å². The lowest BCUT2D eigenvalue weighted by Gasteiger charge is -2.08. The molecular weight excluding hydrogens is 220 g/mol. The number of carbonyl (C=O) groups is 1. The molecule has 1 aromatic carbocycles. The summed E-state index contributed by atoms with van der Waals surface area (Å²) in [6.07, 6.45) is 1.86. The van der Waals surface area contributed by atoms with Crippen molar-refractivity contribution in [3.63, 3.8) is 0 Å². The summed E-state index contributed by atoms with van der Waals surface area (Å²) in [5, 5.41) is 0. The smallest absolute Gasteiger partial charge is 0.338 e. The molecule has 17 heavy (non-hydrogen) atoms. The lowest BCUT2D eigenvalue weighted by molar-refractivity contribution is 0.0499. The zero-order valence-corrected chi connectivity index (χ0v) is 10.5. The number of unbranched alkanes of at least 4 members (excludes halogenated alkanes) is 1. The van der Waals surface area contributed by atoms with Gasteiger partial charge >= 0.3 is 5.97 Å². The first-order valence-electron chi connectivity index (χ1n) is 5.61. The molecule has 0 aromatic heterocycles. The Kier molecular flexibility index (Phi) is 5.33. The molecule has 0 saturated carbocycles. The van der Waals surface area contributed by atoms with Crippen molar-refractivity contribution in [2.45, 2.75) is 19.8 Å². The van der Waals surface area contributed by atoms with E-state index in [1.54, 1.807) is 32.4 Å². The predicted octanol–water partition coefficient (Wildman–Crippen LogP) is 2.66. The Morgan fingerprint density at radius 3 is 2.18 bits per heavy atom. The van der Waals surface area contributed by atoms with Crippen LogP contribution in [0.4, 0.5) is 0 Å². The summed E-state index contributed by atoms with van der Waals surface area (Å²) < 4.78 is 15.3. The quantitative estimate of drug-likeness (QED) is 0.564. The van der Waals surface area contributed by atoms with Crippen LogP contribution in [0.2, 0.25) is 0 Å². The molecule has 4 heteroatoms. The van der Waals surface area contributed by atoms with E-state index >= 15 is 0 Å². The van der Waals surface area contributed by atoms with Crippen LogP contribution in [0.1, 0.15) is 30.1 Å². The fourth-order valence-corrected chi connectivity index (χ4v) is 1.32. The number of rotatable bonds is 6. The van der Waals surface area contributed by atoms with Gasteiger partial charge in [-0.3, -0.25) is 0 Å². The highest BCUT2D eigenvalue weighted by atomic mass is 16.5. The van der Waals surface area contributed by atoms with E-state index in [9.17, 15) is 4.79 Å². The molecule has 4 nitrogen and oxygen atoms in total. The van der Waals surface area contributed by atoms with Crippen molar-refractivity contribution in [2.75, 3.05) is 20.8 Å². The second-order valence-electron chi connectivity index (χ2n) is 3.59. The van der Waals surface area contributed by atoms with Crippen molar-refractivity contribution in [1.82, 2.24) is 0 Å². The van der Waals surface area contributed by atoms with Gasteiger partial charge in [-0.2, -0.15) is 0 Å². The average molecular weight is 238 g/mol. The first-order chi connectivity index (χ1) is 8.21. The Morgan fingerprint density at radius 1 is 1.12 bits per heavy atom. The highest BCUT2D eigenvalue weighted by Gasteiger charge is 2.10. The lowest BCUT2D eigenvalue weighted by Crippen LogP contribution is -2.06. The van der Waals surface area contributed by atoms with Crippen molar-refractivity contribution >= 4 is 5.97 Å². The third-order valence-electron chi connectivity index (χ3n) is 2.32. The van der Waals surface area contributed by atoms with E-state index in [4.69, 9.17) is 14.2 Å². The van der Waals surface area contributed by atoms with Crippen LogP contribution in [0.25, 0.3) is 0 Å². The number of hydrogen-bond acceptors (Lipinski definition) is 4. The Morgan fingerprint density at radius 2 is 1.71 bits per heavy atom. The molecule has 0 amide bonds. The van der Waals surface area contributed by atoms with Gasteiger partial charge in [0.05, 0.1) is 26.4 Å². The van der Waals surface area contributed by atoms with E-state index in [0.29, 0.717) is 23.7 Å². The normalized spacial score (nSPS) is 9.82. The SMILES string of the molecule is CCCCOC(=O)c1cc(OC)cc(OC)c1. The van der Waals surface area contributed by atoms with E-state index in [2.05, 4.69) is 0 Å². The summed E-state index contributed by atoms with van der Waals surface area (Å²) in [5.74, 6) is 0.800. The van der Waals surface area contributed by atoms with Crippen LogP contribution in [0.3, 0.4) is 0 Å². The zero-order valence-electron chi connectivity index (χ0n) is 10.5. The van der Waals surface area contributed by atoms with Crippen LogP contribution >= 0.6 is 0 Å². The minimum atomic E-state index is -0.351. The second-order valence-corrected chi connectivity index (χ2v) is 3.59. The summed E-state index contributed by atoms with van der Waals surface area (Å²) in [4.78, 5) is 11.7. The van der Waals surface area contributed by atoms with Gasteiger partial charge in [-0.05, 0) is 18.6 Å². The topological polar surface area (TPSA) is 44.8 Å². The molecule has 0 aliphatic heterocycles. The highest BCUT2D eigenvalue weighted by Crippen LogP contribution is 2.22. The third-order valence-corrected chi connectivity index (χ3v) is 2.32. The van der Waals surface area contributed by atoms with Crippen LogP contribution in [-0.2, 0) is 4.74 Å². The van der Waals surface area contributed by atoms with Gasteiger partial charge in [-0.25, -0.2) is 4.79 Å². The summed E-state index contributed by atoms with van der Waals surface area (Å²) in [5.41, 5.74) is 0.442. The van der Waals surface area contributed by atoms with E-state index in [-0.39, 0.29) is 5.97 Å². The molecule has 0 N–H and O–H groups in total. The van der Waals surface area contributed by atoms with Crippen molar-refractivity contribution in [3.8, 4) is 11.5 Å². The molecule has 0 radical (unpaired) electrons. The van der Waals surface area contributed by atoms with Gasteiger partial charge in [0, 0.05) is 6.07 Å². The molecule has 0 aliphatic rings. The molecule has 0 fully saturated rings. The largest absolute Gasteiger partial charge is 0.497 e. The molecule has 0 bridgehead atoms. The Labute approximate surface area is 101 Å². The minimum Gasteiger partial charge on any atom is -0.497 e. The Hall–Kier alpha value is -1.71. The minimum absolute atomic E-state index is 0.351. The lowest BCUT2D eigenvalue weighted by atomic mass is 10.2. The predicted molar refractivity (Wildman–Crippen MR) is 64.7 cm³/mol. The number of benzene rings is 1. The van der Waals surface area contributed by atoms with E-state index < -0.39 is 0 Å². The number of hydrogen-bond donors (Lipinski definition) is 0. The Balaban J connectivity index is 2.77. The monoisotopic (exact) mass is 238 g/mol. The fraction of sp³-hybridized carbons (Fsp3) is 0.462. The second kappa shape index (κ2) is 6.78. The maximum Gasteiger partial charge on any atom is 0.338 e. The first kappa shape index (κ1) is 13.4. The van der Waals surface area contributed by atoms with Gasteiger partial charge in [0.2, 0.25) is 0 Å². The number of carbonyl (C=O) groups excluding carboxylic acids is 1. The number of esters is 1. The summed E-state index contributed by atoms with van der Waals surface area (Å²) in [6, 6.07) is 4.98. The summed E-state index contributed by atoms with van der Waals surface area (Å²) in [6.45, 7) is 2.48. The highest BCUT2D eigenvalue weighted by molar-refractivity contribution is 5.90. The van der Waals surface area contributed by atoms with Gasteiger partial charge in [0.1, 0.15) is 11.5 Å². The van der Waals surface area contributed by atoms with E-state index in [0.717, 1.165) is 12.8 Å². The summed E-state index contributed by atoms with van der Waals surface area (Å²) in [7, 11) is 3.09. The van der Waals surface area contributed by atoms with Gasteiger partial charge in [0.15, 0.2) is 0 Å². The van der Waals surface area contributed by atoms with Crippen molar-refractivity contribution < 1.29 is 19.0 Å². The molecule has 0 aliphatic carbocycles. The molecule has 1 rings (SSSR count). The molecule has 0 saturated heterocycles. The van der Waals surface area contributed by atoms with E-state index in [1.807, 2.05) is 6.92 Å². The average Bonchev–Trinajstić information content (AvgIpc) is 2.38. The van der Waals surface area contributed by atoms with Crippen molar-refractivity contribution in [3.05, 3.63) is 23.8 Å². The summed E-state index contributed by atoms with van der Waals surface area (Å²) >= 11 is 0. The molecule has 0 unspecified atom stereocenters. The van der Waals surface area contributed by atoms with Crippen molar-refractivity contribution in [2.24, 2.45) is 0 Å². The maximum atomic E-state index is 11.7. The van der Waals surface area contributed by atoms with Crippen LogP contribution in [0.5, 0.6) is 11.5 Å². The molecule has 1 aromatic rings. The fourth-order valence-electron chi connectivity index (χ4n) is 1.32. The van der Waals surface area contributed by atoms with Gasteiger partial charge in [-0.1, -0.05) is 13.3 Å². The van der Waals surface area contributed by atoms with Crippen LogP contribution < -0.4 is 9.47 Å². The van der Waals surface area contributed by atoms with Gasteiger partial charge in [-0.15, -0.1) is 0 Å². The molecule has 0 heterocycles. The third kappa shape index (κ3) is 3.98. The first-order valence-corrected chi connectivity index (χ1v) is 5.61. The van der Waals surface area contributed by atoms with Crippen LogP contribution in [0.15, 0.2) is 18.2 Å².